The van der Waals surface area contributed by atoms with E-state index >= 15 is 0 Å². The lowest BCUT2D eigenvalue weighted by Gasteiger charge is -2.19. The van der Waals surface area contributed by atoms with Gasteiger partial charge in [0, 0.05) is 17.8 Å². The number of hydrogen-bond acceptors (Lipinski definition) is 6. The smallest absolute Gasteiger partial charge is 0.256 e. The van der Waals surface area contributed by atoms with Crippen LogP contribution in [0, 0.1) is 0 Å². The quantitative estimate of drug-likeness (QED) is 0.625. The number of pyridine rings is 1. The summed E-state index contributed by atoms with van der Waals surface area (Å²) in [6.45, 7) is -0.479. The second-order valence-electron chi connectivity index (χ2n) is 5.41. The Morgan fingerprint density at radius 2 is 1.83 bits per heavy atom. The van der Waals surface area contributed by atoms with Crippen LogP contribution in [-0.2, 0) is 4.74 Å². The molecule has 3 rings (SSSR count). The molecule has 0 spiro atoms. The molecular weight excluding hydrogens is 302 g/mol. The number of aromatic hydroxyl groups is 1. The van der Waals surface area contributed by atoms with Gasteiger partial charge in [-0.25, -0.2) is 0 Å². The Morgan fingerprint density at radius 1 is 1.13 bits per heavy atom. The number of nitrogens with zero attached hydrogens (tertiary/aromatic N) is 1. The standard InChI is InChI=1S/C16H17NO6/c18-8-12-14(21)15(22)16(23-12)17-7-10(11(19)6-13(17)20)9-4-2-1-3-5-9/h1-7,12,14-16,18-19,21-22H,8H2/t12-,14-,15-,16-/m1/s1. The summed E-state index contributed by atoms with van der Waals surface area (Å²) >= 11 is 0. The first-order valence-electron chi connectivity index (χ1n) is 7.16. The first-order chi connectivity index (χ1) is 11.0. The van der Waals surface area contributed by atoms with Crippen molar-refractivity contribution in [3.63, 3.8) is 0 Å². The number of aliphatic hydroxyl groups is 3. The second kappa shape index (κ2) is 6.13. The summed E-state index contributed by atoms with van der Waals surface area (Å²) in [7, 11) is 0. The molecule has 1 aliphatic heterocycles. The van der Waals surface area contributed by atoms with Crippen molar-refractivity contribution in [2.24, 2.45) is 0 Å². The van der Waals surface area contributed by atoms with Crippen LogP contribution in [0.5, 0.6) is 5.75 Å². The maximum atomic E-state index is 12.1. The van der Waals surface area contributed by atoms with E-state index in [4.69, 9.17) is 9.84 Å². The Hall–Kier alpha value is -2.19. The van der Waals surface area contributed by atoms with Gasteiger partial charge in [0.25, 0.3) is 5.56 Å². The van der Waals surface area contributed by atoms with Crippen molar-refractivity contribution in [3.05, 3.63) is 52.9 Å². The maximum absolute atomic E-state index is 12.1. The predicted molar refractivity (Wildman–Crippen MR) is 80.8 cm³/mol. The highest BCUT2D eigenvalue weighted by Crippen LogP contribution is 2.32. The van der Waals surface area contributed by atoms with Crippen molar-refractivity contribution in [2.45, 2.75) is 24.5 Å². The molecule has 2 heterocycles. The minimum Gasteiger partial charge on any atom is -0.507 e. The summed E-state index contributed by atoms with van der Waals surface area (Å²) in [6.07, 6.45) is -3.41. The first kappa shape index (κ1) is 15.7. The highest BCUT2D eigenvalue weighted by atomic mass is 16.6. The van der Waals surface area contributed by atoms with Crippen LogP contribution in [0.15, 0.2) is 47.4 Å². The third kappa shape index (κ3) is 2.75. The second-order valence-corrected chi connectivity index (χ2v) is 5.41. The van der Waals surface area contributed by atoms with E-state index in [1.54, 1.807) is 24.3 Å². The molecule has 1 aromatic heterocycles. The fraction of sp³-hybridized carbons (Fsp3) is 0.312. The van der Waals surface area contributed by atoms with Gasteiger partial charge in [-0.2, -0.15) is 0 Å². The van der Waals surface area contributed by atoms with Crippen molar-refractivity contribution in [1.29, 1.82) is 0 Å². The molecule has 0 saturated carbocycles. The largest absolute Gasteiger partial charge is 0.507 e. The molecule has 23 heavy (non-hydrogen) atoms. The lowest BCUT2D eigenvalue weighted by Crippen LogP contribution is -2.35. The fourth-order valence-electron chi connectivity index (χ4n) is 2.69. The van der Waals surface area contributed by atoms with Crippen LogP contribution in [0.4, 0.5) is 0 Å². The van der Waals surface area contributed by atoms with Gasteiger partial charge in [0.15, 0.2) is 6.23 Å². The summed E-state index contributed by atoms with van der Waals surface area (Å²) in [4.78, 5) is 12.1. The fourth-order valence-corrected chi connectivity index (χ4v) is 2.69. The molecule has 0 radical (unpaired) electrons. The SMILES string of the molecule is O=c1cc(O)c(-c2ccccc2)cn1[C@@H]1O[C@H](CO)[C@@H](O)[C@H]1O. The van der Waals surface area contributed by atoms with Crippen LogP contribution in [0.2, 0.25) is 0 Å². The summed E-state index contributed by atoms with van der Waals surface area (Å²) in [5.74, 6) is -0.191. The van der Waals surface area contributed by atoms with Gasteiger partial charge in [-0.3, -0.25) is 9.36 Å². The Kier molecular flexibility index (Phi) is 4.18. The highest BCUT2D eigenvalue weighted by Gasteiger charge is 2.43. The lowest BCUT2D eigenvalue weighted by atomic mass is 10.1. The monoisotopic (exact) mass is 319 g/mol. The van der Waals surface area contributed by atoms with Crippen LogP contribution < -0.4 is 5.56 Å². The molecule has 1 saturated heterocycles. The van der Waals surface area contributed by atoms with Gasteiger partial charge in [0.2, 0.25) is 0 Å². The predicted octanol–water partition coefficient (Wildman–Crippen LogP) is -0.168. The van der Waals surface area contributed by atoms with Crippen LogP contribution in [0.25, 0.3) is 11.1 Å². The molecule has 0 amide bonds. The zero-order valence-corrected chi connectivity index (χ0v) is 12.1. The molecule has 4 N–H and O–H groups in total. The van der Waals surface area contributed by atoms with E-state index in [0.29, 0.717) is 11.1 Å². The van der Waals surface area contributed by atoms with Crippen LogP contribution in [0.1, 0.15) is 6.23 Å². The average Bonchev–Trinajstić information content (AvgIpc) is 2.84. The molecule has 1 fully saturated rings. The third-order valence-electron chi connectivity index (χ3n) is 3.93. The third-order valence-corrected chi connectivity index (χ3v) is 3.93. The molecule has 1 aromatic carbocycles. The molecule has 7 heteroatoms. The molecule has 0 unspecified atom stereocenters. The zero-order valence-electron chi connectivity index (χ0n) is 12.1. The normalized spacial score (nSPS) is 27.3. The number of hydrogen-bond donors (Lipinski definition) is 4. The van der Waals surface area contributed by atoms with E-state index in [1.165, 1.54) is 6.20 Å². The summed E-state index contributed by atoms with van der Waals surface area (Å²) < 4.78 is 6.47. The minimum absolute atomic E-state index is 0.191. The van der Waals surface area contributed by atoms with Gasteiger partial charge < -0.3 is 25.2 Å². The topological polar surface area (TPSA) is 112 Å². The lowest BCUT2D eigenvalue weighted by molar-refractivity contribution is -0.0543. The van der Waals surface area contributed by atoms with Crippen LogP contribution >= 0.6 is 0 Å². The minimum atomic E-state index is -1.36. The molecule has 1 aliphatic rings. The van der Waals surface area contributed by atoms with E-state index in [2.05, 4.69) is 0 Å². The number of aromatic nitrogens is 1. The van der Waals surface area contributed by atoms with Crippen molar-refractivity contribution in [1.82, 2.24) is 4.57 Å². The Balaban J connectivity index is 2.06. The number of rotatable bonds is 3. The molecule has 4 atom stereocenters. The van der Waals surface area contributed by atoms with Crippen LogP contribution in [0.3, 0.4) is 0 Å². The maximum Gasteiger partial charge on any atom is 0.256 e. The summed E-state index contributed by atoms with van der Waals surface area (Å²) in [5, 5.41) is 39.0. The molecule has 2 aromatic rings. The Labute approximate surface area is 131 Å². The van der Waals surface area contributed by atoms with Gasteiger partial charge >= 0.3 is 0 Å². The van der Waals surface area contributed by atoms with E-state index < -0.39 is 36.7 Å². The molecule has 7 nitrogen and oxygen atoms in total. The van der Waals surface area contributed by atoms with Gasteiger partial charge in [0.1, 0.15) is 24.1 Å². The van der Waals surface area contributed by atoms with Gasteiger partial charge in [-0.1, -0.05) is 30.3 Å². The van der Waals surface area contributed by atoms with Crippen molar-refractivity contribution in [3.8, 4) is 16.9 Å². The molecule has 0 bridgehead atoms. The number of ether oxygens (including phenoxy) is 1. The molecule has 122 valence electrons. The van der Waals surface area contributed by atoms with E-state index in [1.807, 2.05) is 6.07 Å². The van der Waals surface area contributed by atoms with Gasteiger partial charge in [0.05, 0.1) is 6.61 Å². The summed E-state index contributed by atoms with van der Waals surface area (Å²) in [5.41, 5.74) is 0.491. The van der Waals surface area contributed by atoms with Gasteiger partial charge in [-0.05, 0) is 5.56 Å². The van der Waals surface area contributed by atoms with E-state index in [0.717, 1.165) is 10.6 Å². The first-order valence-corrected chi connectivity index (χ1v) is 7.16. The Bertz CT molecular complexity index is 744. The van der Waals surface area contributed by atoms with Crippen molar-refractivity contribution >= 4 is 0 Å². The van der Waals surface area contributed by atoms with Crippen molar-refractivity contribution < 1.29 is 25.2 Å². The van der Waals surface area contributed by atoms with E-state index in [9.17, 15) is 20.1 Å². The number of benzene rings is 1. The van der Waals surface area contributed by atoms with Crippen LogP contribution in [-0.4, -0.2) is 49.9 Å². The molecular formula is C16H17NO6. The van der Waals surface area contributed by atoms with E-state index in [-0.39, 0.29) is 5.75 Å². The average molecular weight is 319 g/mol. The summed E-state index contributed by atoms with van der Waals surface area (Å²) in [6, 6.07) is 9.95. The number of aliphatic hydroxyl groups excluding tert-OH is 3. The highest BCUT2D eigenvalue weighted by molar-refractivity contribution is 5.68. The van der Waals surface area contributed by atoms with Gasteiger partial charge in [-0.15, -0.1) is 0 Å². The zero-order chi connectivity index (χ0) is 16.6. The molecule has 0 aliphatic carbocycles. The van der Waals surface area contributed by atoms with Crippen molar-refractivity contribution in [2.75, 3.05) is 6.61 Å². The Morgan fingerprint density at radius 3 is 2.43 bits per heavy atom.